The molecule has 0 saturated carbocycles. The molecule has 152 valence electrons. The molecule has 1 N–H and O–H groups in total. The van der Waals surface area contributed by atoms with Gasteiger partial charge in [-0.05, 0) is 76.5 Å². The molecule has 5 heteroatoms. The number of benzene rings is 2. The quantitative estimate of drug-likeness (QED) is 0.725. The molecule has 3 rings (SSSR count). The number of carbonyl (C=O) groups excluding carboxylic acids is 1. The van der Waals surface area contributed by atoms with Crippen molar-refractivity contribution in [2.45, 2.75) is 45.8 Å². The Hall–Kier alpha value is -2.04. The first-order valence-electron chi connectivity index (χ1n) is 9.88. The van der Waals surface area contributed by atoms with Gasteiger partial charge in [-0.15, -0.1) is 12.4 Å². The fraction of sp³-hybridized carbons (Fsp3) is 0.435. The van der Waals surface area contributed by atoms with E-state index in [9.17, 15) is 4.79 Å². The van der Waals surface area contributed by atoms with Crippen molar-refractivity contribution in [3.63, 3.8) is 0 Å². The Morgan fingerprint density at radius 3 is 2.21 bits per heavy atom. The van der Waals surface area contributed by atoms with Crippen LogP contribution >= 0.6 is 12.4 Å². The van der Waals surface area contributed by atoms with Gasteiger partial charge in [0, 0.05) is 12.1 Å². The summed E-state index contributed by atoms with van der Waals surface area (Å²) in [5.41, 5.74) is 3.19. The van der Waals surface area contributed by atoms with Crippen LogP contribution in [0.2, 0.25) is 0 Å². The average molecular weight is 403 g/mol. The monoisotopic (exact) mass is 402 g/mol. The van der Waals surface area contributed by atoms with Crippen LogP contribution in [0.5, 0.6) is 5.75 Å². The van der Waals surface area contributed by atoms with Crippen molar-refractivity contribution in [2.24, 2.45) is 0 Å². The largest absolute Gasteiger partial charge is 0.491 e. The molecule has 0 aliphatic carbocycles. The summed E-state index contributed by atoms with van der Waals surface area (Å²) >= 11 is 0. The second kappa shape index (κ2) is 10.5. The van der Waals surface area contributed by atoms with E-state index < -0.39 is 0 Å². The summed E-state index contributed by atoms with van der Waals surface area (Å²) in [5.74, 6) is 0.749. The lowest BCUT2D eigenvalue weighted by Gasteiger charge is -2.28. The Bertz CT molecular complexity index is 738. The number of likely N-dealkylation sites (tertiary alicyclic amines) is 1. The topological polar surface area (TPSA) is 41.6 Å². The number of hydrogen-bond acceptors (Lipinski definition) is 3. The molecule has 2 aromatic rings. The van der Waals surface area contributed by atoms with E-state index in [0.717, 1.165) is 18.8 Å². The molecule has 1 heterocycles. The SMILES string of the molecule is Cc1ccc(C(CNC(=O)c2ccc(OC(C)C)cc2)N2CCCC2)cc1.Cl. The zero-order chi connectivity index (χ0) is 19.2. The number of nitrogens with one attached hydrogen (secondary N) is 1. The highest BCUT2D eigenvalue weighted by Gasteiger charge is 2.24. The number of aryl methyl sites for hydroxylation is 1. The zero-order valence-corrected chi connectivity index (χ0v) is 17.8. The molecule has 4 nitrogen and oxygen atoms in total. The Balaban J connectivity index is 0.00000280. The highest BCUT2D eigenvalue weighted by Crippen LogP contribution is 2.25. The van der Waals surface area contributed by atoms with Crippen LogP contribution in [0.1, 0.15) is 54.2 Å². The van der Waals surface area contributed by atoms with Crippen molar-refractivity contribution in [3.05, 3.63) is 65.2 Å². The predicted octanol–water partition coefficient (Wildman–Crippen LogP) is 4.77. The van der Waals surface area contributed by atoms with E-state index >= 15 is 0 Å². The molecule has 1 saturated heterocycles. The summed E-state index contributed by atoms with van der Waals surface area (Å²) in [5, 5.41) is 3.13. The lowest BCUT2D eigenvalue weighted by atomic mass is 10.0. The normalized spacial score (nSPS) is 15.1. The van der Waals surface area contributed by atoms with Gasteiger partial charge < -0.3 is 10.1 Å². The maximum atomic E-state index is 12.6. The molecule has 2 aromatic carbocycles. The summed E-state index contributed by atoms with van der Waals surface area (Å²) < 4.78 is 5.64. The van der Waals surface area contributed by atoms with Crippen LogP contribution in [0.15, 0.2) is 48.5 Å². The average Bonchev–Trinajstić information content (AvgIpc) is 3.18. The van der Waals surface area contributed by atoms with E-state index in [0.29, 0.717) is 12.1 Å². The maximum absolute atomic E-state index is 12.6. The van der Waals surface area contributed by atoms with Gasteiger partial charge in [-0.3, -0.25) is 9.69 Å². The summed E-state index contributed by atoms with van der Waals surface area (Å²) in [4.78, 5) is 15.1. The van der Waals surface area contributed by atoms with Crippen LogP contribution in [0.3, 0.4) is 0 Å². The van der Waals surface area contributed by atoms with Crippen LogP contribution in [-0.4, -0.2) is 36.5 Å². The fourth-order valence-corrected chi connectivity index (χ4v) is 3.55. The van der Waals surface area contributed by atoms with E-state index in [1.54, 1.807) is 0 Å². The molecular weight excluding hydrogens is 372 g/mol. The lowest BCUT2D eigenvalue weighted by Crippen LogP contribution is -2.36. The summed E-state index contributed by atoms with van der Waals surface area (Å²) in [6.07, 6.45) is 2.58. The van der Waals surface area contributed by atoms with Crippen LogP contribution in [-0.2, 0) is 0 Å². The van der Waals surface area contributed by atoms with Gasteiger partial charge in [0.05, 0.1) is 12.1 Å². The second-order valence-electron chi connectivity index (χ2n) is 7.57. The first-order valence-corrected chi connectivity index (χ1v) is 9.88. The third-order valence-corrected chi connectivity index (χ3v) is 4.99. The van der Waals surface area contributed by atoms with E-state index in [1.807, 2.05) is 38.1 Å². The molecule has 1 atom stereocenters. The molecule has 0 radical (unpaired) electrons. The van der Waals surface area contributed by atoms with Crippen molar-refractivity contribution in [3.8, 4) is 5.75 Å². The van der Waals surface area contributed by atoms with Crippen molar-refractivity contribution in [1.29, 1.82) is 0 Å². The highest BCUT2D eigenvalue weighted by atomic mass is 35.5. The number of rotatable bonds is 7. The Morgan fingerprint density at radius 2 is 1.64 bits per heavy atom. The maximum Gasteiger partial charge on any atom is 0.251 e. The van der Waals surface area contributed by atoms with Gasteiger partial charge in [-0.1, -0.05) is 29.8 Å². The number of ether oxygens (including phenoxy) is 1. The lowest BCUT2D eigenvalue weighted by molar-refractivity contribution is 0.0938. The minimum absolute atomic E-state index is 0. The molecular formula is C23H31ClN2O2. The van der Waals surface area contributed by atoms with Gasteiger partial charge in [0.25, 0.3) is 5.91 Å². The smallest absolute Gasteiger partial charge is 0.251 e. The Labute approximate surface area is 174 Å². The second-order valence-corrected chi connectivity index (χ2v) is 7.57. The number of amides is 1. The van der Waals surface area contributed by atoms with Gasteiger partial charge in [0.2, 0.25) is 0 Å². The van der Waals surface area contributed by atoms with Crippen LogP contribution in [0, 0.1) is 6.92 Å². The van der Waals surface area contributed by atoms with Crippen molar-refractivity contribution < 1.29 is 9.53 Å². The van der Waals surface area contributed by atoms with Crippen molar-refractivity contribution in [1.82, 2.24) is 10.2 Å². The van der Waals surface area contributed by atoms with E-state index in [2.05, 4.69) is 41.4 Å². The Kier molecular flexibility index (Phi) is 8.34. The fourth-order valence-electron chi connectivity index (χ4n) is 3.55. The molecule has 1 aliphatic rings. The van der Waals surface area contributed by atoms with Crippen molar-refractivity contribution in [2.75, 3.05) is 19.6 Å². The minimum atomic E-state index is -0.0394. The van der Waals surface area contributed by atoms with E-state index in [4.69, 9.17) is 4.74 Å². The molecule has 28 heavy (non-hydrogen) atoms. The van der Waals surface area contributed by atoms with E-state index in [1.165, 1.54) is 24.0 Å². The third kappa shape index (κ3) is 5.98. The number of hydrogen-bond donors (Lipinski definition) is 1. The predicted molar refractivity (Wildman–Crippen MR) is 117 cm³/mol. The molecule has 1 fully saturated rings. The van der Waals surface area contributed by atoms with Crippen LogP contribution < -0.4 is 10.1 Å². The Morgan fingerprint density at radius 1 is 1.04 bits per heavy atom. The molecule has 0 spiro atoms. The standard InChI is InChI=1S/C23H30N2O2.ClH/c1-17(2)27-21-12-10-20(11-13-21)23(26)24-16-22(25-14-4-5-15-25)19-8-6-18(3)7-9-19;/h6-13,17,22H,4-5,14-16H2,1-3H3,(H,24,26);1H. The van der Waals surface area contributed by atoms with Gasteiger partial charge >= 0.3 is 0 Å². The molecule has 1 amide bonds. The first kappa shape index (κ1) is 22.3. The van der Waals surface area contributed by atoms with Gasteiger partial charge in [0.1, 0.15) is 5.75 Å². The zero-order valence-electron chi connectivity index (χ0n) is 17.0. The number of halogens is 1. The van der Waals surface area contributed by atoms with Crippen LogP contribution in [0.25, 0.3) is 0 Å². The minimum Gasteiger partial charge on any atom is -0.491 e. The highest BCUT2D eigenvalue weighted by molar-refractivity contribution is 5.94. The van der Waals surface area contributed by atoms with Gasteiger partial charge in [-0.2, -0.15) is 0 Å². The van der Waals surface area contributed by atoms with Gasteiger partial charge in [-0.25, -0.2) is 0 Å². The molecule has 1 aliphatic heterocycles. The van der Waals surface area contributed by atoms with Crippen LogP contribution in [0.4, 0.5) is 0 Å². The van der Waals surface area contributed by atoms with Crippen molar-refractivity contribution >= 4 is 18.3 Å². The number of nitrogens with zero attached hydrogens (tertiary/aromatic N) is 1. The third-order valence-electron chi connectivity index (χ3n) is 4.99. The molecule has 1 unspecified atom stereocenters. The van der Waals surface area contributed by atoms with E-state index in [-0.39, 0.29) is 30.5 Å². The summed E-state index contributed by atoms with van der Waals surface area (Å²) in [7, 11) is 0. The molecule has 0 aromatic heterocycles. The number of carbonyl (C=O) groups is 1. The molecule has 0 bridgehead atoms. The summed E-state index contributed by atoms with van der Waals surface area (Å²) in [6, 6.07) is 16.2. The van der Waals surface area contributed by atoms with Gasteiger partial charge in [0.15, 0.2) is 0 Å². The first-order chi connectivity index (χ1) is 13.0. The summed E-state index contributed by atoms with van der Waals surface area (Å²) in [6.45, 7) is 8.88.